The first-order chi connectivity index (χ1) is 12.7. The van der Waals surface area contributed by atoms with Gasteiger partial charge in [0, 0.05) is 11.8 Å². The van der Waals surface area contributed by atoms with Crippen LogP contribution in [0, 0.1) is 13.8 Å². The molecule has 0 aliphatic carbocycles. The van der Waals surface area contributed by atoms with Gasteiger partial charge in [0.1, 0.15) is 18.9 Å². The monoisotopic (exact) mass is 388 g/mol. The Morgan fingerprint density at radius 1 is 1.19 bits per heavy atom. The van der Waals surface area contributed by atoms with Gasteiger partial charge in [0.15, 0.2) is 0 Å². The summed E-state index contributed by atoms with van der Waals surface area (Å²) in [7, 11) is -3.62. The molecule has 0 aliphatic heterocycles. The highest BCUT2D eigenvalue weighted by Crippen LogP contribution is 2.22. The first-order valence-electron chi connectivity index (χ1n) is 8.39. The van der Waals surface area contributed by atoms with E-state index in [2.05, 4.69) is 11.9 Å². The Kier molecular flexibility index (Phi) is 6.63. The molecule has 0 fully saturated rings. The molecule has 1 N–H and O–H groups in total. The van der Waals surface area contributed by atoms with Crippen LogP contribution in [-0.2, 0) is 14.8 Å². The van der Waals surface area contributed by atoms with Crippen molar-refractivity contribution in [2.24, 2.45) is 0 Å². The van der Waals surface area contributed by atoms with Gasteiger partial charge in [-0.3, -0.25) is 9.10 Å². The topological polar surface area (TPSA) is 75.7 Å². The number of sulfonamides is 1. The van der Waals surface area contributed by atoms with E-state index in [0.29, 0.717) is 23.7 Å². The van der Waals surface area contributed by atoms with Crippen molar-refractivity contribution in [3.05, 3.63) is 66.2 Å². The van der Waals surface area contributed by atoms with E-state index in [1.165, 1.54) is 0 Å². The molecule has 0 radical (unpaired) electrons. The Morgan fingerprint density at radius 2 is 1.93 bits per heavy atom. The van der Waals surface area contributed by atoms with Gasteiger partial charge in [-0.2, -0.15) is 0 Å². The van der Waals surface area contributed by atoms with E-state index in [9.17, 15) is 13.2 Å². The van der Waals surface area contributed by atoms with Gasteiger partial charge in [-0.1, -0.05) is 24.8 Å². The number of carbonyl (C=O) groups is 1. The van der Waals surface area contributed by atoms with Gasteiger partial charge in [-0.15, -0.1) is 0 Å². The Morgan fingerprint density at radius 3 is 2.56 bits per heavy atom. The van der Waals surface area contributed by atoms with Crippen molar-refractivity contribution in [2.75, 3.05) is 29.0 Å². The molecule has 0 bridgehead atoms. The molecule has 2 aromatic carbocycles. The molecule has 2 aromatic rings. The van der Waals surface area contributed by atoms with Crippen molar-refractivity contribution in [2.45, 2.75) is 13.8 Å². The van der Waals surface area contributed by atoms with Crippen molar-refractivity contribution in [1.29, 1.82) is 0 Å². The Bertz CT molecular complexity index is 939. The van der Waals surface area contributed by atoms with Crippen LogP contribution in [0.15, 0.2) is 55.1 Å². The first-order valence-corrected chi connectivity index (χ1v) is 10.2. The van der Waals surface area contributed by atoms with E-state index in [1.54, 1.807) is 42.5 Å². The third-order valence-corrected chi connectivity index (χ3v) is 5.09. The van der Waals surface area contributed by atoms with E-state index in [-0.39, 0.29) is 6.54 Å². The molecule has 0 unspecified atom stereocenters. The van der Waals surface area contributed by atoms with Gasteiger partial charge in [0.05, 0.1) is 11.9 Å². The van der Waals surface area contributed by atoms with Gasteiger partial charge < -0.3 is 10.1 Å². The molecule has 0 aromatic heterocycles. The number of ether oxygens (including phenoxy) is 1. The number of amides is 1. The minimum atomic E-state index is -3.62. The summed E-state index contributed by atoms with van der Waals surface area (Å²) >= 11 is 0. The zero-order valence-electron chi connectivity index (χ0n) is 15.7. The van der Waals surface area contributed by atoms with E-state index in [0.717, 1.165) is 21.7 Å². The number of benzene rings is 2. The van der Waals surface area contributed by atoms with Gasteiger partial charge in [0.25, 0.3) is 0 Å². The number of carbonyl (C=O) groups excluding carboxylic acids is 1. The molecule has 1 amide bonds. The van der Waals surface area contributed by atoms with Crippen molar-refractivity contribution < 1.29 is 17.9 Å². The Labute approximate surface area is 160 Å². The molecule has 0 heterocycles. The normalized spacial score (nSPS) is 10.9. The number of anilines is 2. The van der Waals surface area contributed by atoms with Gasteiger partial charge in [-0.25, -0.2) is 8.42 Å². The zero-order valence-corrected chi connectivity index (χ0v) is 16.5. The average Bonchev–Trinajstić information content (AvgIpc) is 2.60. The maximum atomic E-state index is 12.4. The second-order valence-corrected chi connectivity index (χ2v) is 8.12. The largest absolute Gasteiger partial charge is 0.489 e. The van der Waals surface area contributed by atoms with Crippen molar-refractivity contribution in [1.82, 2.24) is 0 Å². The average molecular weight is 388 g/mol. The second-order valence-electron chi connectivity index (χ2n) is 6.21. The van der Waals surface area contributed by atoms with Gasteiger partial charge in [-0.05, 0) is 49.2 Å². The molecular formula is C20H24N2O4S. The third kappa shape index (κ3) is 5.86. The molecule has 7 heteroatoms. The lowest BCUT2D eigenvalue weighted by Crippen LogP contribution is -2.37. The van der Waals surface area contributed by atoms with Crippen LogP contribution in [0.5, 0.6) is 5.75 Å². The van der Waals surface area contributed by atoms with Crippen LogP contribution in [-0.4, -0.2) is 33.7 Å². The lowest BCUT2D eigenvalue weighted by Gasteiger charge is -2.22. The predicted molar refractivity (Wildman–Crippen MR) is 109 cm³/mol. The zero-order chi connectivity index (χ0) is 20.0. The van der Waals surface area contributed by atoms with Crippen molar-refractivity contribution >= 4 is 27.3 Å². The highest BCUT2D eigenvalue weighted by atomic mass is 32.2. The van der Waals surface area contributed by atoms with E-state index >= 15 is 0 Å². The van der Waals surface area contributed by atoms with E-state index in [4.69, 9.17) is 4.74 Å². The summed E-state index contributed by atoms with van der Waals surface area (Å²) in [6.07, 6.45) is 2.71. The summed E-state index contributed by atoms with van der Waals surface area (Å²) in [5, 5.41) is 2.71. The maximum Gasteiger partial charge on any atom is 0.245 e. The smallest absolute Gasteiger partial charge is 0.245 e. The number of nitrogens with one attached hydrogen (secondary N) is 1. The fraction of sp³-hybridized carbons (Fsp3) is 0.250. The van der Waals surface area contributed by atoms with Crippen LogP contribution in [0.4, 0.5) is 11.4 Å². The first kappa shape index (κ1) is 20.5. The van der Waals surface area contributed by atoms with E-state index < -0.39 is 15.9 Å². The molecule has 27 heavy (non-hydrogen) atoms. The molecule has 0 saturated carbocycles. The summed E-state index contributed by atoms with van der Waals surface area (Å²) < 4.78 is 30.9. The van der Waals surface area contributed by atoms with Crippen LogP contribution >= 0.6 is 0 Å². The summed E-state index contributed by atoms with van der Waals surface area (Å²) in [5.74, 6) is 0.140. The van der Waals surface area contributed by atoms with Crippen LogP contribution in [0.3, 0.4) is 0 Å². The van der Waals surface area contributed by atoms with Gasteiger partial charge in [0.2, 0.25) is 15.9 Å². The third-order valence-electron chi connectivity index (χ3n) is 3.95. The molecule has 0 saturated heterocycles. The van der Waals surface area contributed by atoms with Gasteiger partial charge >= 0.3 is 0 Å². The maximum absolute atomic E-state index is 12.4. The highest BCUT2D eigenvalue weighted by molar-refractivity contribution is 7.92. The van der Waals surface area contributed by atoms with E-state index in [1.807, 2.05) is 19.9 Å². The fourth-order valence-electron chi connectivity index (χ4n) is 2.43. The van der Waals surface area contributed by atoms with Crippen molar-refractivity contribution in [3.8, 4) is 5.75 Å². The lowest BCUT2D eigenvalue weighted by molar-refractivity contribution is -0.114. The molecule has 0 atom stereocenters. The molecule has 0 aliphatic rings. The second kappa shape index (κ2) is 8.73. The number of rotatable bonds is 8. The van der Waals surface area contributed by atoms with Crippen molar-refractivity contribution in [3.63, 3.8) is 0 Å². The molecule has 0 spiro atoms. The number of hydrogen-bond acceptors (Lipinski definition) is 4. The summed E-state index contributed by atoms with van der Waals surface area (Å²) in [6, 6.07) is 12.2. The van der Waals surface area contributed by atoms with Crippen LogP contribution < -0.4 is 14.4 Å². The SMILES string of the molecule is C=CCOc1cccc(NC(=O)CN(c2ccc(C)c(C)c2)S(C)(=O)=O)c1. The Hall–Kier alpha value is -2.80. The molecule has 6 nitrogen and oxygen atoms in total. The molecular weight excluding hydrogens is 364 g/mol. The Balaban J connectivity index is 2.17. The van der Waals surface area contributed by atoms with Crippen LogP contribution in [0.25, 0.3) is 0 Å². The molecule has 144 valence electrons. The fourth-order valence-corrected chi connectivity index (χ4v) is 3.28. The summed E-state index contributed by atoms with van der Waals surface area (Å²) in [5.41, 5.74) is 2.98. The number of hydrogen-bond donors (Lipinski definition) is 1. The number of nitrogens with zero attached hydrogens (tertiary/aromatic N) is 1. The molecule has 2 rings (SSSR count). The highest BCUT2D eigenvalue weighted by Gasteiger charge is 2.21. The minimum Gasteiger partial charge on any atom is -0.489 e. The standard InChI is InChI=1S/C20H24N2O4S/c1-5-11-26-19-8-6-7-17(13-19)21-20(23)14-22(27(4,24)25)18-10-9-15(2)16(3)12-18/h5-10,12-13H,1,11,14H2,2-4H3,(H,21,23). The quantitative estimate of drug-likeness (QED) is 0.704. The van der Waals surface area contributed by atoms with Crippen LogP contribution in [0.1, 0.15) is 11.1 Å². The summed E-state index contributed by atoms with van der Waals surface area (Å²) in [4.78, 5) is 12.4. The minimum absolute atomic E-state index is 0.320. The lowest BCUT2D eigenvalue weighted by atomic mass is 10.1. The predicted octanol–water partition coefficient (Wildman–Crippen LogP) is 3.27. The summed E-state index contributed by atoms with van der Waals surface area (Å²) in [6.45, 7) is 7.46. The number of aryl methyl sites for hydroxylation is 2. The van der Waals surface area contributed by atoms with Crippen LogP contribution in [0.2, 0.25) is 0 Å².